The molecule has 1 fully saturated rings. The Kier molecular flexibility index (Phi) is 8.96. The van der Waals surface area contributed by atoms with Gasteiger partial charge in [-0.25, -0.2) is 17.2 Å². The second-order valence-electron chi connectivity index (χ2n) is 9.59. The van der Waals surface area contributed by atoms with E-state index in [9.17, 15) is 26.8 Å². The van der Waals surface area contributed by atoms with Gasteiger partial charge in [-0.05, 0) is 61.7 Å². The molecule has 206 valence electrons. The van der Waals surface area contributed by atoms with Crippen molar-refractivity contribution in [1.29, 1.82) is 0 Å². The average molecular weight is 556 g/mol. The third-order valence-electron chi connectivity index (χ3n) is 6.87. The van der Waals surface area contributed by atoms with Crippen molar-refractivity contribution >= 4 is 27.5 Å². The second kappa shape index (κ2) is 12.4. The molecule has 0 bridgehead atoms. The van der Waals surface area contributed by atoms with Crippen molar-refractivity contribution < 1.29 is 26.8 Å². The average Bonchev–Trinajstić information content (AvgIpc) is 3.45. The maximum atomic E-state index is 14.9. The zero-order valence-corrected chi connectivity index (χ0v) is 22.4. The van der Waals surface area contributed by atoms with Gasteiger partial charge in [-0.1, -0.05) is 55.3 Å². The number of carbonyl (C=O) groups excluding carboxylic acids is 2. The van der Waals surface area contributed by atoms with Gasteiger partial charge >= 0.3 is 0 Å². The highest BCUT2D eigenvalue weighted by Crippen LogP contribution is 2.27. The summed E-state index contributed by atoms with van der Waals surface area (Å²) in [6, 6.07) is 17.2. The van der Waals surface area contributed by atoms with Crippen molar-refractivity contribution in [3.05, 3.63) is 96.1 Å². The lowest BCUT2D eigenvalue weighted by atomic mass is 10.1. The van der Waals surface area contributed by atoms with Crippen molar-refractivity contribution in [2.75, 3.05) is 10.8 Å². The molecular weight excluding hydrogens is 524 g/mol. The minimum atomic E-state index is -4.35. The lowest BCUT2D eigenvalue weighted by molar-refractivity contribution is -0.139. The molecule has 1 aliphatic rings. The highest BCUT2D eigenvalue weighted by atomic mass is 32.2. The summed E-state index contributed by atoms with van der Waals surface area (Å²) in [5.41, 5.74) is 0.258. The van der Waals surface area contributed by atoms with Crippen LogP contribution >= 0.6 is 0 Å². The first kappa shape index (κ1) is 28.2. The monoisotopic (exact) mass is 555 g/mol. The summed E-state index contributed by atoms with van der Waals surface area (Å²) in [5.74, 6) is -2.36. The molecule has 3 aromatic carbocycles. The van der Waals surface area contributed by atoms with Crippen molar-refractivity contribution in [2.45, 2.75) is 56.1 Å². The molecule has 4 rings (SSSR count). The van der Waals surface area contributed by atoms with E-state index in [1.54, 1.807) is 13.0 Å². The summed E-state index contributed by atoms with van der Waals surface area (Å²) in [6.45, 7) is 0.736. The number of hydrogen-bond donors (Lipinski definition) is 1. The fraction of sp³-hybridized carbons (Fsp3) is 0.310. The molecule has 1 aliphatic carbocycles. The molecule has 0 spiro atoms. The number of nitrogens with one attached hydrogen (secondary N) is 1. The Balaban J connectivity index is 1.68. The Hall–Kier alpha value is -3.79. The third kappa shape index (κ3) is 6.81. The molecule has 0 aliphatic heterocycles. The quantitative estimate of drug-likeness (QED) is 0.395. The van der Waals surface area contributed by atoms with E-state index >= 15 is 0 Å². The van der Waals surface area contributed by atoms with E-state index in [0.29, 0.717) is 5.56 Å². The molecular formula is C29H31F2N3O4S. The van der Waals surface area contributed by atoms with Crippen molar-refractivity contribution in [3.8, 4) is 0 Å². The number of halogens is 2. The maximum absolute atomic E-state index is 14.9. The number of hydrogen-bond acceptors (Lipinski definition) is 4. The molecule has 0 aromatic heterocycles. The van der Waals surface area contributed by atoms with Gasteiger partial charge in [0, 0.05) is 12.6 Å². The highest BCUT2D eigenvalue weighted by molar-refractivity contribution is 7.92. The molecule has 0 heterocycles. The van der Waals surface area contributed by atoms with Gasteiger partial charge in [0.2, 0.25) is 11.8 Å². The number of carbonyl (C=O) groups is 2. The van der Waals surface area contributed by atoms with E-state index in [0.717, 1.165) is 36.1 Å². The predicted octanol–water partition coefficient (Wildman–Crippen LogP) is 4.64. The van der Waals surface area contributed by atoms with Gasteiger partial charge in [0.15, 0.2) is 0 Å². The van der Waals surface area contributed by atoms with Gasteiger partial charge in [0.05, 0.1) is 10.6 Å². The van der Waals surface area contributed by atoms with Gasteiger partial charge in [-0.2, -0.15) is 0 Å². The molecule has 10 heteroatoms. The SMILES string of the molecule is C[C@H](C(=O)NC1CCCC1)N(Cc1ccc(F)cc1)C(=O)CN(c1ccccc1F)S(=O)(=O)c1ccccc1. The highest BCUT2D eigenvalue weighted by Gasteiger charge is 2.34. The number of benzene rings is 3. The molecule has 1 N–H and O–H groups in total. The molecule has 1 saturated carbocycles. The second-order valence-corrected chi connectivity index (χ2v) is 11.5. The van der Waals surface area contributed by atoms with E-state index in [2.05, 4.69) is 5.32 Å². The van der Waals surface area contributed by atoms with Crippen LogP contribution in [0.15, 0.2) is 83.8 Å². The molecule has 0 unspecified atom stereocenters. The zero-order chi connectivity index (χ0) is 28.0. The molecule has 3 aromatic rings. The lowest BCUT2D eigenvalue weighted by Gasteiger charge is -2.32. The van der Waals surface area contributed by atoms with Crippen LogP contribution in [0.5, 0.6) is 0 Å². The van der Waals surface area contributed by atoms with E-state index in [-0.39, 0.29) is 29.1 Å². The summed E-state index contributed by atoms with van der Waals surface area (Å²) >= 11 is 0. The summed E-state index contributed by atoms with van der Waals surface area (Å²) in [7, 11) is -4.35. The first-order valence-electron chi connectivity index (χ1n) is 12.8. The van der Waals surface area contributed by atoms with Crippen LogP contribution in [-0.4, -0.2) is 43.8 Å². The number of para-hydroxylation sites is 1. The van der Waals surface area contributed by atoms with Crippen LogP contribution in [0.25, 0.3) is 0 Å². The van der Waals surface area contributed by atoms with E-state index < -0.39 is 40.2 Å². The Morgan fingerprint density at radius 3 is 2.18 bits per heavy atom. The van der Waals surface area contributed by atoms with E-state index in [1.165, 1.54) is 71.6 Å². The van der Waals surface area contributed by atoms with E-state index in [1.807, 2.05) is 0 Å². The summed E-state index contributed by atoms with van der Waals surface area (Å²) < 4.78 is 56.4. The van der Waals surface area contributed by atoms with Crippen LogP contribution in [-0.2, 0) is 26.2 Å². The van der Waals surface area contributed by atoms with Crippen LogP contribution in [0, 0.1) is 11.6 Å². The van der Waals surface area contributed by atoms with Gasteiger partial charge in [0.1, 0.15) is 24.2 Å². The van der Waals surface area contributed by atoms with Crippen LogP contribution in [0.1, 0.15) is 38.2 Å². The van der Waals surface area contributed by atoms with Gasteiger partial charge in [-0.3, -0.25) is 13.9 Å². The summed E-state index contributed by atoms with van der Waals surface area (Å²) in [5, 5.41) is 2.97. The normalized spacial score (nSPS) is 14.5. The van der Waals surface area contributed by atoms with Gasteiger partial charge in [-0.15, -0.1) is 0 Å². The first-order chi connectivity index (χ1) is 18.7. The first-order valence-corrected chi connectivity index (χ1v) is 14.3. The zero-order valence-electron chi connectivity index (χ0n) is 21.6. The van der Waals surface area contributed by atoms with Gasteiger partial charge in [0.25, 0.3) is 10.0 Å². The maximum Gasteiger partial charge on any atom is 0.264 e. The van der Waals surface area contributed by atoms with Crippen LogP contribution in [0.2, 0.25) is 0 Å². The number of nitrogens with zero attached hydrogens (tertiary/aromatic N) is 2. The fourth-order valence-corrected chi connectivity index (χ4v) is 6.09. The van der Waals surface area contributed by atoms with Crippen molar-refractivity contribution in [1.82, 2.24) is 10.2 Å². The topological polar surface area (TPSA) is 86.8 Å². The van der Waals surface area contributed by atoms with Gasteiger partial charge < -0.3 is 10.2 Å². The Morgan fingerprint density at radius 2 is 1.54 bits per heavy atom. The molecule has 39 heavy (non-hydrogen) atoms. The fourth-order valence-electron chi connectivity index (χ4n) is 4.65. The number of anilines is 1. The smallest absolute Gasteiger partial charge is 0.264 e. The van der Waals surface area contributed by atoms with Crippen LogP contribution in [0.4, 0.5) is 14.5 Å². The van der Waals surface area contributed by atoms with Crippen LogP contribution < -0.4 is 9.62 Å². The molecule has 0 radical (unpaired) electrons. The third-order valence-corrected chi connectivity index (χ3v) is 8.64. The Morgan fingerprint density at radius 1 is 0.923 bits per heavy atom. The van der Waals surface area contributed by atoms with Crippen molar-refractivity contribution in [2.24, 2.45) is 0 Å². The number of sulfonamides is 1. The Bertz CT molecular complexity index is 1400. The Labute approximate surface area is 227 Å². The van der Waals surface area contributed by atoms with Crippen molar-refractivity contribution in [3.63, 3.8) is 0 Å². The predicted molar refractivity (Wildman–Crippen MR) is 144 cm³/mol. The molecule has 0 saturated heterocycles. The molecule has 1 atom stereocenters. The minimum Gasteiger partial charge on any atom is -0.352 e. The van der Waals surface area contributed by atoms with Crippen LogP contribution in [0.3, 0.4) is 0 Å². The number of rotatable bonds is 10. The lowest BCUT2D eigenvalue weighted by Crippen LogP contribution is -2.52. The minimum absolute atomic E-state index is 0.0103. The summed E-state index contributed by atoms with van der Waals surface area (Å²) in [6.07, 6.45) is 3.71. The largest absolute Gasteiger partial charge is 0.352 e. The molecule has 2 amide bonds. The standard InChI is InChI=1S/C29H31F2N3O4S/c1-21(29(36)32-24-9-5-6-10-24)33(19-22-15-17-23(30)18-16-22)28(35)20-34(27-14-8-7-13-26(27)31)39(37,38)25-11-3-2-4-12-25/h2-4,7-8,11-18,21,24H,5-6,9-10,19-20H2,1H3,(H,32,36)/t21-/m1/s1. The number of amides is 2. The summed E-state index contributed by atoms with van der Waals surface area (Å²) in [4.78, 5) is 28.1. The van der Waals surface area contributed by atoms with E-state index in [4.69, 9.17) is 0 Å². The molecule has 7 nitrogen and oxygen atoms in total.